The molecule has 2 aromatic carbocycles. The first kappa shape index (κ1) is 20.2. The first-order chi connectivity index (χ1) is 12.0. The van der Waals surface area contributed by atoms with E-state index in [1.807, 2.05) is 6.07 Å². The van der Waals surface area contributed by atoms with Gasteiger partial charge in [-0.25, -0.2) is 0 Å². The van der Waals surface area contributed by atoms with Crippen molar-refractivity contribution < 1.29 is 4.74 Å². The standard InChI is InChI=1S/C14H14.C9H17BrO/c1-11-8-9-14(12(2)10-11)13-6-4-3-5-7-13;1-3-8(2)4-9(5-10)6-11-7-9/h3-10H,1-2H3;8H,3-7H2,1-2H3. The highest BCUT2D eigenvalue weighted by Crippen LogP contribution is 2.36. The van der Waals surface area contributed by atoms with E-state index in [1.165, 1.54) is 35.1 Å². The molecule has 136 valence electrons. The third kappa shape index (κ3) is 5.69. The van der Waals surface area contributed by atoms with Crippen LogP contribution in [0.1, 0.15) is 37.8 Å². The largest absolute Gasteiger partial charge is 0.380 e. The zero-order valence-electron chi connectivity index (χ0n) is 16.0. The monoisotopic (exact) mass is 402 g/mol. The van der Waals surface area contributed by atoms with Crippen molar-refractivity contribution in [3.8, 4) is 11.1 Å². The first-order valence-corrected chi connectivity index (χ1v) is 10.4. The highest BCUT2D eigenvalue weighted by Gasteiger charge is 2.38. The summed E-state index contributed by atoms with van der Waals surface area (Å²) in [5, 5.41) is 1.10. The molecule has 1 heterocycles. The van der Waals surface area contributed by atoms with Crippen LogP contribution in [0.5, 0.6) is 0 Å². The van der Waals surface area contributed by atoms with E-state index in [0.717, 1.165) is 24.5 Å². The van der Waals surface area contributed by atoms with Crippen LogP contribution in [-0.4, -0.2) is 18.5 Å². The van der Waals surface area contributed by atoms with E-state index >= 15 is 0 Å². The van der Waals surface area contributed by atoms with Crippen LogP contribution < -0.4 is 0 Å². The summed E-state index contributed by atoms with van der Waals surface area (Å²) in [4.78, 5) is 0. The Kier molecular flexibility index (Phi) is 7.71. The van der Waals surface area contributed by atoms with Gasteiger partial charge in [0.1, 0.15) is 0 Å². The van der Waals surface area contributed by atoms with E-state index in [-0.39, 0.29) is 0 Å². The van der Waals surface area contributed by atoms with Gasteiger partial charge in [0.25, 0.3) is 0 Å². The Hall–Kier alpha value is -1.12. The number of ether oxygens (including phenoxy) is 1. The van der Waals surface area contributed by atoms with E-state index in [1.54, 1.807) is 0 Å². The predicted octanol–water partition coefficient (Wildman–Crippen LogP) is 6.80. The molecule has 0 bridgehead atoms. The van der Waals surface area contributed by atoms with E-state index in [4.69, 9.17) is 4.74 Å². The van der Waals surface area contributed by atoms with Gasteiger partial charge in [0.15, 0.2) is 0 Å². The summed E-state index contributed by atoms with van der Waals surface area (Å²) in [5.41, 5.74) is 5.77. The van der Waals surface area contributed by atoms with Crippen LogP contribution in [0.25, 0.3) is 11.1 Å². The number of hydrogen-bond acceptors (Lipinski definition) is 1. The average molecular weight is 403 g/mol. The van der Waals surface area contributed by atoms with Crippen molar-refractivity contribution in [2.24, 2.45) is 11.3 Å². The van der Waals surface area contributed by atoms with Gasteiger partial charge in [0.2, 0.25) is 0 Å². The summed E-state index contributed by atoms with van der Waals surface area (Å²) in [5.74, 6) is 0.844. The zero-order chi connectivity index (χ0) is 18.3. The summed E-state index contributed by atoms with van der Waals surface area (Å²) in [6.07, 6.45) is 2.60. The summed E-state index contributed by atoms with van der Waals surface area (Å²) in [6, 6.07) is 17.1. The van der Waals surface area contributed by atoms with Gasteiger partial charge in [0.05, 0.1) is 13.2 Å². The molecule has 1 fully saturated rings. The molecule has 1 nitrogen and oxygen atoms in total. The van der Waals surface area contributed by atoms with Gasteiger partial charge < -0.3 is 4.74 Å². The maximum atomic E-state index is 5.24. The molecule has 3 rings (SSSR count). The summed E-state index contributed by atoms with van der Waals surface area (Å²) < 4.78 is 5.24. The minimum atomic E-state index is 0.482. The SMILES string of the molecule is CCC(C)CC1(CBr)COC1.Cc1ccc(-c2ccccc2)c(C)c1. The quantitative estimate of drug-likeness (QED) is 0.499. The lowest BCUT2D eigenvalue weighted by molar-refractivity contribution is -0.108. The maximum Gasteiger partial charge on any atom is 0.0552 e. The molecule has 25 heavy (non-hydrogen) atoms. The molecule has 0 aromatic heterocycles. The van der Waals surface area contributed by atoms with Crippen LogP contribution in [0.3, 0.4) is 0 Å². The first-order valence-electron chi connectivity index (χ1n) is 9.26. The van der Waals surface area contributed by atoms with Crippen LogP contribution >= 0.6 is 15.9 Å². The normalized spacial score (nSPS) is 16.4. The summed E-state index contributed by atoms with van der Waals surface area (Å²) in [6.45, 7) is 10.8. The van der Waals surface area contributed by atoms with Crippen LogP contribution in [-0.2, 0) is 4.74 Å². The molecule has 1 unspecified atom stereocenters. The fourth-order valence-corrected chi connectivity index (χ4v) is 3.83. The molecule has 1 aliphatic heterocycles. The molecular formula is C23H31BrO. The molecule has 0 aliphatic carbocycles. The molecule has 0 amide bonds. The second kappa shape index (κ2) is 9.54. The Morgan fingerprint density at radius 3 is 2.24 bits per heavy atom. The maximum absolute atomic E-state index is 5.24. The number of aryl methyl sites for hydroxylation is 2. The lowest BCUT2D eigenvalue weighted by atomic mass is 9.79. The fraction of sp³-hybridized carbons (Fsp3) is 0.478. The fourth-order valence-electron chi connectivity index (χ4n) is 3.28. The van der Waals surface area contributed by atoms with Crippen LogP contribution in [0.2, 0.25) is 0 Å². The van der Waals surface area contributed by atoms with Crippen molar-refractivity contribution in [3.63, 3.8) is 0 Å². The molecule has 2 aromatic rings. The summed E-state index contributed by atoms with van der Waals surface area (Å²) in [7, 11) is 0. The Bertz CT molecular complexity index is 641. The molecule has 0 radical (unpaired) electrons. The third-order valence-corrected chi connectivity index (χ3v) is 6.23. The second-order valence-electron chi connectivity index (χ2n) is 7.53. The molecule has 0 N–H and O–H groups in total. The Labute approximate surface area is 161 Å². The second-order valence-corrected chi connectivity index (χ2v) is 8.09. The van der Waals surface area contributed by atoms with E-state index in [2.05, 4.69) is 86.1 Å². The van der Waals surface area contributed by atoms with Crippen LogP contribution in [0.4, 0.5) is 0 Å². The van der Waals surface area contributed by atoms with E-state index in [0.29, 0.717) is 5.41 Å². The highest BCUT2D eigenvalue weighted by molar-refractivity contribution is 9.09. The van der Waals surface area contributed by atoms with Crippen molar-refractivity contribution in [3.05, 3.63) is 59.7 Å². The lowest BCUT2D eigenvalue weighted by Gasteiger charge is -2.41. The minimum Gasteiger partial charge on any atom is -0.380 e. The Morgan fingerprint density at radius 1 is 1.08 bits per heavy atom. The summed E-state index contributed by atoms with van der Waals surface area (Å²) >= 11 is 3.56. The van der Waals surface area contributed by atoms with Crippen molar-refractivity contribution in [2.75, 3.05) is 18.5 Å². The van der Waals surface area contributed by atoms with Gasteiger partial charge in [-0.05, 0) is 42.9 Å². The molecule has 0 spiro atoms. The topological polar surface area (TPSA) is 9.23 Å². The number of halogens is 1. The smallest absolute Gasteiger partial charge is 0.0552 e. The molecular weight excluding hydrogens is 372 g/mol. The number of hydrogen-bond donors (Lipinski definition) is 0. The third-order valence-electron chi connectivity index (χ3n) is 5.05. The van der Waals surface area contributed by atoms with Gasteiger partial charge in [0, 0.05) is 10.7 Å². The van der Waals surface area contributed by atoms with E-state index < -0.39 is 0 Å². The van der Waals surface area contributed by atoms with Gasteiger partial charge in [-0.3, -0.25) is 0 Å². The van der Waals surface area contributed by atoms with Gasteiger partial charge in [-0.15, -0.1) is 0 Å². The van der Waals surface area contributed by atoms with Gasteiger partial charge in [-0.2, -0.15) is 0 Å². The Balaban J connectivity index is 0.000000186. The van der Waals surface area contributed by atoms with Crippen molar-refractivity contribution in [2.45, 2.75) is 40.5 Å². The molecule has 1 saturated heterocycles. The van der Waals surface area contributed by atoms with Crippen LogP contribution in [0, 0.1) is 25.2 Å². The molecule has 0 saturated carbocycles. The van der Waals surface area contributed by atoms with Crippen molar-refractivity contribution in [1.82, 2.24) is 0 Å². The number of alkyl halides is 1. The molecule has 1 atom stereocenters. The van der Waals surface area contributed by atoms with Crippen molar-refractivity contribution in [1.29, 1.82) is 0 Å². The van der Waals surface area contributed by atoms with Gasteiger partial charge in [-0.1, -0.05) is 90.3 Å². The number of rotatable bonds is 5. The van der Waals surface area contributed by atoms with Gasteiger partial charge >= 0.3 is 0 Å². The molecule has 1 aliphatic rings. The minimum absolute atomic E-state index is 0.482. The molecule has 2 heteroatoms. The highest BCUT2D eigenvalue weighted by atomic mass is 79.9. The number of benzene rings is 2. The lowest BCUT2D eigenvalue weighted by Crippen LogP contribution is -2.45. The van der Waals surface area contributed by atoms with E-state index in [9.17, 15) is 0 Å². The van der Waals surface area contributed by atoms with Crippen LogP contribution in [0.15, 0.2) is 48.5 Å². The average Bonchev–Trinajstić information content (AvgIpc) is 2.59. The van der Waals surface area contributed by atoms with Crippen molar-refractivity contribution >= 4 is 15.9 Å². The Morgan fingerprint density at radius 2 is 1.76 bits per heavy atom. The zero-order valence-corrected chi connectivity index (χ0v) is 17.6. The predicted molar refractivity (Wildman–Crippen MR) is 112 cm³/mol.